The Bertz CT molecular complexity index is 98.6. The number of carbonyl (C=O) groups is 1. The highest BCUT2D eigenvalue weighted by Crippen LogP contribution is 1.98. The third kappa shape index (κ3) is 5.49. The molecule has 0 aliphatic heterocycles. The fourth-order valence-corrected chi connectivity index (χ4v) is 0.538. The van der Waals surface area contributed by atoms with Crippen LogP contribution in [0.2, 0.25) is 0 Å². The monoisotopic (exact) mass is 132 g/mol. The number of nitrogens with one attached hydrogen (secondary N) is 1. The van der Waals surface area contributed by atoms with Gasteiger partial charge in [-0.2, -0.15) is 0 Å². The lowest BCUT2D eigenvalue weighted by molar-refractivity contribution is -0.115. The van der Waals surface area contributed by atoms with Crippen molar-refractivity contribution in [2.75, 3.05) is 5.75 Å². The minimum atomic E-state index is -0.374. The molecule has 0 bridgehead atoms. The molecule has 0 rings (SSSR count). The van der Waals surface area contributed by atoms with E-state index in [-0.39, 0.29) is 11.7 Å². The number of amides is 1. The van der Waals surface area contributed by atoms with Crippen LogP contribution in [-0.2, 0) is 4.79 Å². The molecule has 0 unspecified atom stereocenters. The van der Waals surface area contributed by atoms with Crippen molar-refractivity contribution in [1.82, 2.24) is 0 Å². The quantitative estimate of drug-likeness (QED) is 0.416. The molecular weight excluding hydrogens is 124 g/mol. The standard InChI is InChI=1S/C4H8N2OS/c1-3(5)8-2-4(6)7/h5H,2H2,1H3,(H2,6,7). The summed E-state index contributed by atoms with van der Waals surface area (Å²) in [7, 11) is 0. The van der Waals surface area contributed by atoms with Gasteiger partial charge in [0.25, 0.3) is 0 Å². The molecule has 4 heteroatoms. The van der Waals surface area contributed by atoms with Crippen LogP contribution < -0.4 is 5.73 Å². The Morgan fingerprint density at radius 1 is 1.88 bits per heavy atom. The third-order valence-electron chi connectivity index (χ3n) is 0.431. The summed E-state index contributed by atoms with van der Waals surface area (Å²) in [5.41, 5.74) is 4.78. The van der Waals surface area contributed by atoms with Gasteiger partial charge in [0.1, 0.15) is 0 Å². The highest BCUT2D eigenvalue weighted by molar-refractivity contribution is 8.14. The van der Waals surface area contributed by atoms with E-state index in [1.807, 2.05) is 0 Å². The third-order valence-corrected chi connectivity index (χ3v) is 1.29. The molecule has 8 heavy (non-hydrogen) atoms. The molecule has 0 aliphatic carbocycles. The van der Waals surface area contributed by atoms with Gasteiger partial charge in [0.15, 0.2) is 0 Å². The normalized spacial score (nSPS) is 8.62. The van der Waals surface area contributed by atoms with Gasteiger partial charge in [0.2, 0.25) is 5.91 Å². The molecule has 0 aliphatic rings. The Labute approximate surface area is 52.1 Å². The smallest absolute Gasteiger partial charge is 0.227 e. The summed E-state index contributed by atoms with van der Waals surface area (Å²) in [6.07, 6.45) is 0. The second-order valence-electron chi connectivity index (χ2n) is 1.31. The minimum Gasteiger partial charge on any atom is -0.369 e. The molecule has 0 saturated carbocycles. The van der Waals surface area contributed by atoms with Crippen LogP contribution in [0.15, 0.2) is 0 Å². The van der Waals surface area contributed by atoms with Crippen LogP contribution in [0.5, 0.6) is 0 Å². The number of carbonyl (C=O) groups excluding carboxylic acids is 1. The van der Waals surface area contributed by atoms with Crippen molar-refractivity contribution in [3.05, 3.63) is 0 Å². The lowest BCUT2D eigenvalue weighted by Gasteiger charge is -1.90. The fourth-order valence-electron chi connectivity index (χ4n) is 0.179. The molecule has 3 N–H and O–H groups in total. The van der Waals surface area contributed by atoms with E-state index < -0.39 is 0 Å². The maximum absolute atomic E-state index is 10.0. The lowest BCUT2D eigenvalue weighted by atomic mass is 10.8. The van der Waals surface area contributed by atoms with Crippen molar-refractivity contribution in [3.63, 3.8) is 0 Å². The first-order valence-electron chi connectivity index (χ1n) is 2.09. The Morgan fingerprint density at radius 2 is 2.38 bits per heavy atom. The average Bonchev–Trinajstić information content (AvgIpc) is 1.61. The molecule has 1 amide bonds. The zero-order valence-corrected chi connectivity index (χ0v) is 5.42. The average molecular weight is 132 g/mol. The number of hydrogen-bond donors (Lipinski definition) is 2. The largest absolute Gasteiger partial charge is 0.369 e. The Hall–Kier alpha value is -0.510. The van der Waals surface area contributed by atoms with Crippen LogP contribution in [0.4, 0.5) is 0 Å². The number of thioether (sulfide) groups is 1. The van der Waals surface area contributed by atoms with Gasteiger partial charge < -0.3 is 5.73 Å². The van der Waals surface area contributed by atoms with E-state index in [0.717, 1.165) is 11.8 Å². The lowest BCUT2D eigenvalue weighted by Crippen LogP contribution is -2.13. The second-order valence-corrected chi connectivity index (χ2v) is 2.50. The number of primary amides is 1. The van der Waals surface area contributed by atoms with E-state index in [1.165, 1.54) is 0 Å². The van der Waals surface area contributed by atoms with Crippen molar-refractivity contribution >= 4 is 22.7 Å². The summed E-state index contributed by atoms with van der Waals surface area (Å²) >= 11 is 1.15. The van der Waals surface area contributed by atoms with Crippen molar-refractivity contribution in [2.24, 2.45) is 5.73 Å². The van der Waals surface area contributed by atoms with Gasteiger partial charge >= 0.3 is 0 Å². The van der Waals surface area contributed by atoms with Crippen LogP contribution in [0, 0.1) is 5.41 Å². The molecule has 0 aromatic rings. The van der Waals surface area contributed by atoms with Gasteiger partial charge in [-0.05, 0) is 6.92 Å². The van der Waals surface area contributed by atoms with Gasteiger partial charge in [-0.25, -0.2) is 0 Å². The maximum Gasteiger partial charge on any atom is 0.227 e. The van der Waals surface area contributed by atoms with Crippen molar-refractivity contribution in [2.45, 2.75) is 6.92 Å². The first-order valence-corrected chi connectivity index (χ1v) is 3.07. The van der Waals surface area contributed by atoms with E-state index >= 15 is 0 Å². The summed E-state index contributed by atoms with van der Waals surface area (Å²) < 4.78 is 0. The molecule has 0 aromatic heterocycles. The van der Waals surface area contributed by atoms with Gasteiger partial charge in [0.05, 0.1) is 10.8 Å². The number of rotatable bonds is 2. The van der Waals surface area contributed by atoms with E-state index in [1.54, 1.807) is 6.92 Å². The summed E-state index contributed by atoms with van der Waals surface area (Å²) in [5, 5.41) is 7.26. The van der Waals surface area contributed by atoms with Gasteiger partial charge in [-0.1, -0.05) is 0 Å². The highest BCUT2D eigenvalue weighted by atomic mass is 32.2. The predicted octanol–water partition coefficient (Wildman–Crippen LogP) is 0.202. The van der Waals surface area contributed by atoms with Crippen LogP contribution >= 0.6 is 11.8 Å². The zero-order valence-electron chi connectivity index (χ0n) is 4.60. The number of nitrogens with two attached hydrogens (primary N) is 1. The van der Waals surface area contributed by atoms with Gasteiger partial charge in [0, 0.05) is 0 Å². The maximum atomic E-state index is 10.0. The molecule has 0 saturated heterocycles. The topological polar surface area (TPSA) is 66.9 Å². The predicted molar refractivity (Wildman–Crippen MR) is 35.1 cm³/mol. The van der Waals surface area contributed by atoms with E-state index in [2.05, 4.69) is 0 Å². The van der Waals surface area contributed by atoms with Crippen LogP contribution in [0.3, 0.4) is 0 Å². The number of hydrogen-bond acceptors (Lipinski definition) is 3. The summed E-state index contributed by atoms with van der Waals surface area (Å²) in [6.45, 7) is 1.62. The van der Waals surface area contributed by atoms with Gasteiger partial charge in [-0.3, -0.25) is 10.2 Å². The molecule has 0 aromatic carbocycles. The SMILES string of the molecule is CC(=N)SCC(N)=O. The van der Waals surface area contributed by atoms with Crippen LogP contribution in [0.25, 0.3) is 0 Å². The Morgan fingerprint density at radius 3 is 2.50 bits per heavy atom. The molecule has 46 valence electrons. The first kappa shape index (κ1) is 7.49. The van der Waals surface area contributed by atoms with Gasteiger partial charge in [-0.15, -0.1) is 11.8 Å². The van der Waals surface area contributed by atoms with Crippen LogP contribution in [-0.4, -0.2) is 16.7 Å². The second kappa shape index (κ2) is 3.49. The van der Waals surface area contributed by atoms with E-state index in [0.29, 0.717) is 5.04 Å². The summed E-state index contributed by atoms with van der Waals surface area (Å²) in [5.74, 6) is -0.156. The molecule has 0 atom stereocenters. The molecular formula is C4H8N2OS. The molecule has 0 radical (unpaired) electrons. The summed E-state index contributed by atoms with van der Waals surface area (Å²) in [6, 6.07) is 0. The van der Waals surface area contributed by atoms with E-state index in [9.17, 15) is 4.79 Å². The van der Waals surface area contributed by atoms with Crippen molar-refractivity contribution < 1.29 is 4.79 Å². The molecule has 0 heterocycles. The van der Waals surface area contributed by atoms with Crippen molar-refractivity contribution in [3.8, 4) is 0 Å². The fraction of sp³-hybridized carbons (Fsp3) is 0.500. The summed E-state index contributed by atoms with van der Waals surface area (Å²) in [4.78, 5) is 10.0. The minimum absolute atomic E-state index is 0.218. The Kier molecular flexibility index (Phi) is 3.26. The molecule has 0 fully saturated rings. The molecule has 0 spiro atoms. The van der Waals surface area contributed by atoms with Crippen molar-refractivity contribution in [1.29, 1.82) is 5.41 Å². The Balaban J connectivity index is 3.18. The van der Waals surface area contributed by atoms with Crippen LogP contribution in [0.1, 0.15) is 6.92 Å². The zero-order chi connectivity index (χ0) is 6.57. The highest BCUT2D eigenvalue weighted by Gasteiger charge is 1.93. The first-order chi connectivity index (χ1) is 3.63. The van der Waals surface area contributed by atoms with E-state index in [4.69, 9.17) is 11.1 Å². The molecule has 3 nitrogen and oxygen atoms in total.